The zero-order chi connectivity index (χ0) is 30.8. The Hall–Kier alpha value is -4.15. The molecule has 1 saturated heterocycles. The van der Waals surface area contributed by atoms with Crippen LogP contribution in [-0.4, -0.2) is 47.7 Å². The van der Waals surface area contributed by atoms with Crippen molar-refractivity contribution >= 4 is 17.7 Å². The number of hydrogen-bond donors (Lipinski definition) is 2. The van der Waals surface area contributed by atoms with Crippen LogP contribution in [0.3, 0.4) is 0 Å². The Kier molecular flexibility index (Phi) is 8.79. The molecule has 2 aromatic carbocycles. The predicted octanol–water partition coefficient (Wildman–Crippen LogP) is 6.50. The normalized spacial score (nSPS) is 14.5. The molecular weight excluding hydrogens is 546 g/mol. The molecule has 0 aliphatic carbocycles. The van der Waals surface area contributed by atoms with Gasteiger partial charge >= 0.3 is 6.09 Å². The molecule has 1 aromatic heterocycles. The Morgan fingerprint density at radius 3 is 2.45 bits per heavy atom. The van der Waals surface area contributed by atoms with Crippen molar-refractivity contribution in [1.82, 2.24) is 9.88 Å². The molecule has 9 nitrogen and oxygen atoms in total. The largest absolute Gasteiger partial charge is 0.710 e. The van der Waals surface area contributed by atoms with E-state index in [2.05, 4.69) is 10.3 Å². The number of methoxy groups -OCH3 is 1. The number of carbonyl (C=O) groups excluding carboxylic acids is 2. The molecule has 42 heavy (non-hydrogen) atoms. The smallest absolute Gasteiger partial charge is 0.410 e. The van der Waals surface area contributed by atoms with Crippen molar-refractivity contribution < 1.29 is 32.6 Å². The van der Waals surface area contributed by atoms with Crippen molar-refractivity contribution in [2.45, 2.75) is 71.3 Å². The highest BCUT2D eigenvalue weighted by molar-refractivity contribution is 6.02. The van der Waals surface area contributed by atoms with Gasteiger partial charge in [0.2, 0.25) is 5.69 Å². The Bertz CT molecular complexity index is 1460. The molecule has 11 heteroatoms. The molecule has 226 valence electrons. The van der Waals surface area contributed by atoms with E-state index in [1.807, 2.05) is 26.8 Å². The van der Waals surface area contributed by atoms with Gasteiger partial charge in [-0.1, -0.05) is 19.1 Å². The van der Waals surface area contributed by atoms with E-state index in [1.54, 1.807) is 31.1 Å². The lowest BCUT2D eigenvalue weighted by Crippen LogP contribution is -2.41. The van der Waals surface area contributed by atoms with Crippen LogP contribution in [0.2, 0.25) is 0 Å². The number of carbonyl (C=O) groups is 2. The van der Waals surface area contributed by atoms with Gasteiger partial charge in [-0.25, -0.2) is 23.3 Å². The molecule has 0 saturated carbocycles. The third kappa shape index (κ3) is 6.66. The standard InChI is InChI=1S/C31H38F2N4O5/c1-7-31(32,33)22-9-8-10-23(18-22)35-28(38)26-19(2)34-27(37(26)40)21-11-12-25(41-6)24(17-21)20-13-15-36(16-14-20)29(39)42-30(3,4)5/h8-12,17-18,20,34H,7,13-16H2,1-6H3,(H,35,38). The molecule has 1 aliphatic heterocycles. The number of likely N-dealkylation sites (tertiary alicyclic amines) is 1. The first-order valence-corrected chi connectivity index (χ1v) is 14.0. The summed E-state index contributed by atoms with van der Waals surface area (Å²) in [6, 6.07) is 10.8. The van der Waals surface area contributed by atoms with Crippen LogP contribution >= 0.6 is 0 Å². The maximum Gasteiger partial charge on any atom is 0.410 e. The lowest BCUT2D eigenvalue weighted by molar-refractivity contribution is -0.594. The molecular formula is C31H38F2N4O5. The summed E-state index contributed by atoms with van der Waals surface area (Å²) in [6.45, 7) is 9.52. The highest BCUT2D eigenvalue weighted by Crippen LogP contribution is 2.37. The number of aromatic nitrogens is 2. The number of ether oxygens (including phenoxy) is 2. The minimum atomic E-state index is -3.03. The summed E-state index contributed by atoms with van der Waals surface area (Å²) < 4.78 is 40.0. The van der Waals surface area contributed by atoms with Gasteiger partial charge in [0.05, 0.1) is 12.7 Å². The minimum Gasteiger partial charge on any atom is -0.710 e. The van der Waals surface area contributed by atoms with Crippen molar-refractivity contribution in [3.63, 3.8) is 0 Å². The van der Waals surface area contributed by atoms with Crippen LogP contribution in [0.25, 0.3) is 11.4 Å². The van der Waals surface area contributed by atoms with Gasteiger partial charge in [-0.2, -0.15) is 0 Å². The summed E-state index contributed by atoms with van der Waals surface area (Å²) in [5.41, 5.74) is 0.991. The number of nitrogens with zero attached hydrogens (tertiary/aromatic N) is 2. The maximum absolute atomic E-state index is 14.2. The SMILES string of the molecule is CCC(F)(F)c1cccc(NC(=O)c2c(C)[nH]c(-c3ccc(OC)c(C4CCN(C(=O)OC(C)(C)C)CC4)c3)[n+]2[O-])c1. The number of aryl methyl sites for hydroxylation is 1. The third-order valence-electron chi connectivity index (χ3n) is 7.36. The first kappa shape index (κ1) is 30.8. The second-order valence-corrected chi connectivity index (χ2v) is 11.5. The van der Waals surface area contributed by atoms with Crippen LogP contribution in [0.4, 0.5) is 19.3 Å². The molecule has 0 atom stereocenters. The van der Waals surface area contributed by atoms with E-state index in [4.69, 9.17) is 9.47 Å². The molecule has 4 rings (SSSR count). The first-order chi connectivity index (χ1) is 19.7. The number of anilines is 1. The molecule has 1 aliphatic rings. The van der Waals surface area contributed by atoms with Gasteiger partial charge in [0.25, 0.3) is 17.7 Å². The summed E-state index contributed by atoms with van der Waals surface area (Å²) in [5, 5.41) is 16.0. The number of benzene rings is 2. The number of aromatic amines is 1. The topological polar surface area (TPSA) is 111 Å². The Labute approximate surface area is 244 Å². The molecule has 2 heterocycles. The molecule has 0 unspecified atom stereocenters. The fraction of sp³-hybridized carbons (Fsp3) is 0.452. The summed E-state index contributed by atoms with van der Waals surface area (Å²) in [7, 11) is 1.58. The van der Waals surface area contributed by atoms with Crippen molar-refractivity contribution in [2.24, 2.45) is 0 Å². The van der Waals surface area contributed by atoms with Gasteiger partial charge in [-0.3, -0.25) is 4.79 Å². The molecule has 2 amide bonds. The van der Waals surface area contributed by atoms with E-state index < -0.39 is 17.4 Å². The van der Waals surface area contributed by atoms with Crippen LogP contribution in [0, 0.1) is 12.1 Å². The van der Waals surface area contributed by atoms with E-state index in [9.17, 15) is 23.6 Å². The number of alkyl halides is 2. The van der Waals surface area contributed by atoms with Crippen molar-refractivity contribution in [3.05, 3.63) is 70.2 Å². The number of halogens is 2. The number of piperidine rings is 1. The van der Waals surface area contributed by atoms with Crippen molar-refractivity contribution in [1.29, 1.82) is 0 Å². The number of nitrogens with one attached hydrogen (secondary N) is 2. The zero-order valence-electron chi connectivity index (χ0n) is 24.8. The monoisotopic (exact) mass is 584 g/mol. The number of hydrogen-bond acceptors (Lipinski definition) is 5. The molecule has 0 bridgehead atoms. The van der Waals surface area contributed by atoms with E-state index in [1.165, 1.54) is 31.2 Å². The molecule has 2 N–H and O–H groups in total. The fourth-order valence-corrected chi connectivity index (χ4v) is 5.12. The predicted molar refractivity (Wildman–Crippen MR) is 155 cm³/mol. The van der Waals surface area contributed by atoms with E-state index in [0.29, 0.717) is 47.7 Å². The lowest BCUT2D eigenvalue weighted by atomic mass is 9.88. The molecule has 3 aromatic rings. The quantitative estimate of drug-likeness (QED) is 0.243. The molecule has 0 radical (unpaired) electrons. The molecule has 1 fully saturated rings. The fourth-order valence-electron chi connectivity index (χ4n) is 5.12. The average Bonchev–Trinajstić information content (AvgIpc) is 3.25. The van der Waals surface area contributed by atoms with Gasteiger partial charge in [0, 0.05) is 37.7 Å². The van der Waals surface area contributed by atoms with Gasteiger partial charge in [0.1, 0.15) is 11.4 Å². The number of imidazole rings is 1. The molecule has 0 spiro atoms. The summed E-state index contributed by atoms with van der Waals surface area (Å²) in [6.07, 6.45) is 0.652. The Morgan fingerprint density at radius 2 is 1.83 bits per heavy atom. The summed E-state index contributed by atoms with van der Waals surface area (Å²) in [5.74, 6) is -2.85. The number of amides is 2. The van der Waals surface area contributed by atoms with E-state index in [0.717, 1.165) is 5.56 Å². The van der Waals surface area contributed by atoms with Crippen molar-refractivity contribution in [3.8, 4) is 17.1 Å². The Balaban J connectivity index is 1.56. The second kappa shape index (κ2) is 12.0. The average molecular weight is 585 g/mol. The van der Waals surface area contributed by atoms with Gasteiger partial charge in [0.15, 0.2) is 5.69 Å². The van der Waals surface area contributed by atoms with Crippen LogP contribution < -0.4 is 14.8 Å². The van der Waals surface area contributed by atoms with Gasteiger partial charge < -0.3 is 24.9 Å². The van der Waals surface area contributed by atoms with Crippen molar-refractivity contribution in [2.75, 3.05) is 25.5 Å². The number of rotatable bonds is 7. The zero-order valence-corrected chi connectivity index (χ0v) is 24.8. The third-order valence-corrected chi connectivity index (χ3v) is 7.36. The van der Waals surface area contributed by atoms with Gasteiger partial charge in [-0.15, -0.1) is 0 Å². The van der Waals surface area contributed by atoms with Crippen LogP contribution in [0.15, 0.2) is 42.5 Å². The first-order valence-electron chi connectivity index (χ1n) is 14.0. The minimum absolute atomic E-state index is 0.0750. The summed E-state index contributed by atoms with van der Waals surface area (Å²) in [4.78, 5) is 30.3. The van der Waals surface area contributed by atoms with E-state index >= 15 is 0 Å². The highest BCUT2D eigenvalue weighted by Gasteiger charge is 2.32. The van der Waals surface area contributed by atoms with Crippen LogP contribution in [-0.2, 0) is 10.7 Å². The maximum atomic E-state index is 14.2. The second-order valence-electron chi connectivity index (χ2n) is 11.5. The highest BCUT2D eigenvalue weighted by atomic mass is 19.3. The Morgan fingerprint density at radius 1 is 1.14 bits per heavy atom. The number of H-pyrrole nitrogens is 1. The van der Waals surface area contributed by atoms with Crippen LogP contribution in [0.1, 0.15) is 80.2 Å². The summed E-state index contributed by atoms with van der Waals surface area (Å²) >= 11 is 0. The van der Waals surface area contributed by atoms with Gasteiger partial charge in [-0.05, 0) is 75.4 Å². The lowest BCUT2D eigenvalue weighted by Gasteiger charge is -2.34. The van der Waals surface area contributed by atoms with E-state index in [-0.39, 0.29) is 41.2 Å². The van der Waals surface area contributed by atoms with Crippen LogP contribution in [0.5, 0.6) is 5.75 Å².